The molecule has 1 unspecified atom stereocenters. The van der Waals surface area contributed by atoms with Gasteiger partial charge in [0.05, 0.1) is 6.04 Å². The van der Waals surface area contributed by atoms with Crippen LogP contribution in [0.4, 0.5) is 0 Å². The summed E-state index contributed by atoms with van der Waals surface area (Å²) in [6.45, 7) is 13.3. The Hall–Kier alpha value is -3.77. The molecule has 1 aliphatic rings. The first kappa shape index (κ1) is 35.3. The van der Waals surface area contributed by atoms with Gasteiger partial charge >= 0.3 is 5.97 Å². The van der Waals surface area contributed by atoms with Crippen LogP contribution in [0, 0.1) is 11.8 Å². The molecule has 13 heteroatoms. The van der Waals surface area contributed by atoms with Crippen LogP contribution in [0.15, 0.2) is 12.7 Å². The summed E-state index contributed by atoms with van der Waals surface area (Å²) in [6.07, 6.45) is 2.88. The zero-order chi connectivity index (χ0) is 31.3. The Bertz CT molecular complexity index is 996. The third kappa shape index (κ3) is 11.0. The van der Waals surface area contributed by atoms with Gasteiger partial charge in [0.1, 0.15) is 31.3 Å². The van der Waals surface area contributed by atoms with Gasteiger partial charge in [0, 0.05) is 13.5 Å². The first-order chi connectivity index (χ1) is 19.2. The van der Waals surface area contributed by atoms with Crippen LogP contribution in [0.3, 0.4) is 0 Å². The molecule has 230 valence electrons. The van der Waals surface area contributed by atoms with Crippen molar-refractivity contribution >= 4 is 41.3 Å². The summed E-state index contributed by atoms with van der Waals surface area (Å²) < 4.78 is 4.76. The quantitative estimate of drug-likeness (QED) is 0.112. The van der Waals surface area contributed by atoms with Gasteiger partial charge in [0.25, 0.3) is 5.91 Å². The lowest BCUT2D eigenvalue weighted by atomic mass is 9.99. The minimum absolute atomic E-state index is 0.0390. The predicted octanol–water partition coefficient (Wildman–Crippen LogP) is -0.0217. The lowest BCUT2D eigenvalue weighted by Crippen LogP contribution is -2.59. The Morgan fingerprint density at radius 1 is 0.976 bits per heavy atom. The average Bonchev–Trinajstić information content (AvgIpc) is 3.40. The van der Waals surface area contributed by atoms with E-state index in [2.05, 4.69) is 27.8 Å². The van der Waals surface area contributed by atoms with E-state index < -0.39 is 66.1 Å². The molecule has 0 spiro atoms. The smallest absolute Gasteiger partial charge is 0.325 e. The largest absolute Gasteiger partial charge is 0.460 e. The minimum atomic E-state index is -1.15. The Kier molecular flexibility index (Phi) is 14.7. The van der Waals surface area contributed by atoms with Crippen molar-refractivity contribution in [2.75, 3.05) is 19.7 Å². The van der Waals surface area contributed by atoms with Crippen molar-refractivity contribution in [3.63, 3.8) is 0 Å². The van der Waals surface area contributed by atoms with Crippen LogP contribution < -0.4 is 21.3 Å². The molecular formula is C28H45N5O8. The van der Waals surface area contributed by atoms with Gasteiger partial charge in [-0.3, -0.25) is 33.6 Å². The normalized spacial score (nSPS) is 16.8. The van der Waals surface area contributed by atoms with Gasteiger partial charge in [-0.15, -0.1) is 0 Å². The molecule has 0 aromatic rings. The Labute approximate surface area is 241 Å². The number of hydrogen-bond acceptors (Lipinski definition) is 8. The molecule has 13 nitrogen and oxygen atoms in total. The SMILES string of the molecule is C=CCOC(=O)CNC(=O)C(=O)C(CCC)NC(=O)[C@@H]1CCCN1C(=O)[C@@H](NC(=O)[C@@H](NC(C)=O)C(C)C)C(C)C. The molecule has 0 aromatic heterocycles. The minimum Gasteiger partial charge on any atom is -0.460 e. The Morgan fingerprint density at radius 2 is 1.61 bits per heavy atom. The van der Waals surface area contributed by atoms with Crippen LogP contribution in [0.1, 0.15) is 67.2 Å². The molecule has 1 heterocycles. The van der Waals surface area contributed by atoms with Gasteiger partial charge in [-0.1, -0.05) is 53.7 Å². The number of Topliss-reactive ketones (excluding diaryl/α,β-unsaturated/α-hetero) is 1. The molecule has 0 aliphatic carbocycles. The number of esters is 1. The Balaban J connectivity index is 2.98. The highest BCUT2D eigenvalue weighted by atomic mass is 16.5. The molecule has 1 saturated heterocycles. The van der Waals surface area contributed by atoms with Gasteiger partial charge in [-0.25, -0.2) is 0 Å². The fourth-order valence-electron chi connectivity index (χ4n) is 4.42. The molecule has 4 N–H and O–H groups in total. The summed E-state index contributed by atoms with van der Waals surface area (Å²) >= 11 is 0. The van der Waals surface area contributed by atoms with Crippen molar-refractivity contribution in [2.45, 2.75) is 91.4 Å². The van der Waals surface area contributed by atoms with E-state index in [1.54, 1.807) is 34.6 Å². The van der Waals surface area contributed by atoms with Crippen LogP contribution in [-0.4, -0.2) is 90.1 Å². The van der Waals surface area contributed by atoms with E-state index in [1.807, 2.05) is 0 Å². The summed E-state index contributed by atoms with van der Waals surface area (Å²) in [5.41, 5.74) is 0. The number of ether oxygens (including phenoxy) is 1. The second kappa shape index (κ2) is 17.1. The second-order valence-corrected chi connectivity index (χ2v) is 10.7. The van der Waals surface area contributed by atoms with E-state index in [9.17, 15) is 33.6 Å². The van der Waals surface area contributed by atoms with E-state index in [0.717, 1.165) is 0 Å². The van der Waals surface area contributed by atoms with Crippen molar-refractivity contribution in [3.05, 3.63) is 12.7 Å². The third-order valence-electron chi connectivity index (χ3n) is 6.57. The summed E-state index contributed by atoms with van der Waals surface area (Å²) in [4.78, 5) is 89.6. The van der Waals surface area contributed by atoms with E-state index in [4.69, 9.17) is 4.74 Å². The maximum Gasteiger partial charge on any atom is 0.325 e. The maximum atomic E-state index is 13.6. The zero-order valence-electron chi connectivity index (χ0n) is 24.9. The molecule has 1 aliphatic heterocycles. The molecule has 5 amide bonds. The number of nitrogens with one attached hydrogen (secondary N) is 4. The number of rotatable bonds is 16. The number of nitrogens with zero attached hydrogens (tertiary/aromatic N) is 1. The topological polar surface area (TPSA) is 180 Å². The number of carbonyl (C=O) groups is 7. The third-order valence-corrected chi connectivity index (χ3v) is 6.57. The predicted molar refractivity (Wildman–Crippen MR) is 150 cm³/mol. The highest BCUT2D eigenvalue weighted by Crippen LogP contribution is 2.21. The number of hydrogen-bond donors (Lipinski definition) is 4. The van der Waals surface area contributed by atoms with Crippen molar-refractivity contribution < 1.29 is 38.3 Å². The molecule has 41 heavy (non-hydrogen) atoms. The van der Waals surface area contributed by atoms with Crippen molar-refractivity contribution in [1.29, 1.82) is 0 Å². The highest BCUT2D eigenvalue weighted by molar-refractivity contribution is 6.38. The molecule has 1 rings (SSSR count). The van der Waals surface area contributed by atoms with E-state index >= 15 is 0 Å². The van der Waals surface area contributed by atoms with E-state index in [-0.39, 0.29) is 37.3 Å². The number of carbonyl (C=O) groups excluding carboxylic acids is 7. The van der Waals surface area contributed by atoms with Crippen LogP contribution in [0.25, 0.3) is 0 Å². The number of amides is 5. The lowest BCUT2D eigenvalue weighted by Gasteiger charge is -2.32. The molecular weight excluding hydrogens is 534 g/mol. The molecule has 0 bridgehead atoms. The monoisotopic (exact) mass is 579 g/mol. The number of ketones is 1. The van der Waals surface area contributed by atoms with Crippen LogP contribution in [0.2, 0.25) is 0 Å². The summed E-state index contributed by atoms with van der Waals surface area (Å²) in [5.74, 6) is -5.18. The summed E-state index contributed by atoms with van der Waals surface area (Å²) in [5, 5.41) is 10.1. The molecule has 1 fully saturated rings. The zero-order valence-corrected chi connectivity index (χ0v) is 24.9. The fourth-order valence-corrected chi connectivity index (χ4v) is 4.42. The van der Waals surface area contributed by atoms with Gasteiger partial charge in [-0.05, 0) is 31.1 Å². The van der Waals surface area contributed by atoms with Crippen molar-refractivity contribution in [1.82, 2.24) is 26.2 Å². The van der Waals surface area contributed by atoms with Gasteiger partial charge < -0.3 is 30.9 Å². The highest BCUT2D eigenvalue weighted by Gasteiger charge is 2.40. The second-order valence-electron chi connectivity index (χ2n) is 10.7. The fraction of sp³-hybridized carbons (Fsp3) is 0.679. The summed E-state index contributed by atoms with van der Waals surface area (Å²) in [6, 6.07) is -3.85. The molecule has 0 radical (unpaired) electrons. The standard InChI is InChI=1S/C28H45N5O8/c1-8-11-19(24(36)27(39)29-15-21(35)41-14-9-2)31-25(37)20-12-10-13-33(20)28(40)23(17(5)6)32-26(38)22(16(3)4)30-18(7)34/h9,16-17,19-20,22-23H,2,8,10-15H2,1,3-7H3,(H,29,39)(H,30,34)(H,31,37)(H,32,38)/t19?,20-,22-,23-/m0/s1. The van der Waals surface area contributed by atoms with E-state index in [1.165, 1.54) is 17.9 Å². The molecule has 0 saturated carbocycles. The average molecular weight is 580 g/mol. The van der Waals surface area contributed by atoms with Crippen LogP contribution in [0.5, 0.6) is 0 Å². The van der Waals surface area contributed by atoms with Gasteiger partial charge in [0.2, 0.25) is 29.4 Å². The molecule has 4 atom stereocenters. The van der Waals surface area contributed by atoms with Crippen LogP contribution in [-0.2, 0) is 38.3 Å². The lowest BCUT2D eigenvalue weighted by molar-refractivity contribution is -0.145. The Morgan fingerprint density at radius 3 is 2.15 bits per heavy atom. The van der Waals surface area contributed by atoms with Gasteiger partial charge in [-0.2, -0.15) is 0 Å². The molecule has 0 aromatic carbocycles. The van der Waals surface area contributed by atoms with Crippen molar-refractivity contribution in [2.24, 2.45) is 11.8 Å². The van der Waals surface area contributed by atoms with Crippen molar-refractivity contribution in [3.8, 4) is 0 Å². The van der Waals surface area contributed by atoms with E-state index in [0.29, 0.717) is 19.3 Å². The van der Waals surface area contributed by atoms with Gasteiger partial charge in [0.15, 0.2) is 0 Å². The van der Waals surface area contributed by atoms with Crippen LogP contribution >= 0.6 is 0 Å². The maximum absolute atomic E-state index is 13.6. The summed E-state index contributed by atoms with van der Waals surface area (Å²) in [7, 11) is 0. The first-order valence-corrected chi connectivity index (χ1v) is 14.0. The number of likely N-dealkylation sites (tertiary alicyclic amines) is 1. The first-order valence-electron chi connectivity index (χ1n) is 14.0.